The number of hydrogen-bond acceptors (Lipinski definition) is 4. The number of benzene rings is 2. The van der Waals surface area contributed by atoms with Gasteiger partial charge in [0, 0.05) is 12.6 Å². The van der Waals surface area contributed by atoms with Crippen LogP contribution in [0.5, 0.6) is 5.75 Å². The van der Waals surface area contributed by atoms with E-state index < -0.39 is 26.0 Å². The van der Waals surface area contributed by atoms with E-state index in [1.54, 1.807) is 42.5 Å². The minimum Gasteiger partial charge on any atom is -0.489 e. The zero-order valence-electron chi connectivity index (χ0n) is 21.9. The van der Waals surface area contributed by atoms with E-state index in [-0.39, 0.29) is 30.0 Å². The smallest absolute Gasteiger partial charge is 0.408 e. The molecule has 9 heteroatoms. The fourth-order valence-corrected chi connectivity index (χ4v) is 5.33. The molecule has 2 aromatic carbocycles. The first-order chi connectivity index (χ1) is 16.8. The average molecular weight is 517 g/mol. The van der Waals surface area contributed by atoms with Gasteiger partial charge in [-0.1, -0.05) is 51.1 Å². The Morgan fingerprint density at radius 3 is 2.36 bits per heavy atom. The van der Waals surface area contributed by atoms with Crippen LogP contribution in [0.2, 0.25) is 18.1 Å². The predicted molar refractivity (Wildman–Crippen MR) is 139 cm³/mol. The Labute approximate surface area is 213 Å². The molecule has 36 heavy (non-hydrogen) atoms. The molecule has 1 aliphatic rings. The second-order valence-electron chi connectivity index (χ2n) is 10.8. The molecule has 2 amide bonds. The number of amides is 2. The predicted octanol–water partition coefficient (Wildman–Crippen LogP) is 5.73. The minimum absolute atomic E-state index is 0.00972. The first-order valence-corrected chi connectivity index (χ1v) is 15.1. The third-order valence-corrected chi connectivity index (χ3v) is 12.0. The van der Waals surface area contributed by atoms with Crippen LogP contribution < -0.4 is 10.1 Å². The number of nitrogens with zero attached hydrogens (tertiary/aromatic N) is 1. The number of carbonyl (C=O) groups is 2. The topological polar surface area (TPSA) is 88.1 Å². The van der Waals surface area contributed by atoms with Gasteiger partial charge < -0.3 is 19.6 Å². The fourth-order valence-electron chi connectivity index (χ4n) is 4.30. The van der Waals surface area contributed by atoms with E-state index in [1.165, 1.54) is 18.0 Å². The SMILES string of the molecule is CNC(=O)[C@]1(CO[Si](C)(C)C(C)(C)C)CC[C@H](c2ccc(OCc3ccccc3F)cc2)N1C(=O)O. The third-order valence-electron chi connectivity index (χ3n) is 7.56. The summed E-state index contributed by atoms with van der Waals surface area (Å²) in [6.07, 6.45) is -0.334. The molecule has 2 atom stereocenters. The molecule has 2 aromatic rings. The molecule has 0 bridgehead atoms. The number of likely N-dealkylation sites (tertiary alicyclic amines) is 1. The highest BCUT2D eigenvalue weighted by molar-refractivity contribution is 6.74. The van der Waals surface area contributed by atoms with Crippen LogP contribution in [0.4, 0.5) is 9.18 Å². The number of nitrogens with one attached hydrogen (secondary N) is 1. The van der Waals surface area contributed by atoms with Gasteiger partial charge >= 0.3 is 6.09 Å². The summed E-state index contributed by atoms with van der Waals surface area (Å²) < 4.78 is 26.0. The maximum absolute atomic E-state index is 13.9. The van der Waals surface area contributed by atoms with Gasteiger partial charge in [0.05, 0.1) is 12.6 Å². The van der Waals surface area contributed by atoms with Crippen LogP contribution in [-0.4, -0.2) is 49.5 Å². The monoisotopic (exact) mass is 516 g/mol. The Bertz CT molecular complexity index is 1090. The average Bonchev–Trinajstić information content (AvgIpc) is 3.22. The quantitative estimate of drug-likeness (QED) is 0.438. The van der Waals surface area contributed by atoms with Crippen molar-refractivity contribution in [3.8, 4) is 5.75 Å². The zero-order chi connectivity index (χ0) is 26.7. The van der Waals surface area contributed by atoms with E-state index in [1.807, 2.05) is 0 Å². The highest BCUT2D eigenvalue weighted by Crippen LogP contribution is 2.45. The first kappa shape index (κ1) is 27.7. The first-order valence-electron chi connectivity index (χ1n) is 12.2. The molecular formula is C27H37FN2O5Si. The van der Waals surface area contributed by atoms with Crippen molar-refractivity contribution in [3.05, 3.63) is 65.5 Å². The number of carbonyl (C=O) groups excluding carboxylic acids is 1. The number of hydrogen-bond donors (Lipinski definition) is 2. The lowest BCUT2D eigenvalue weighted by atomic mass is 9.96. The standard InChI is InChI=1S/C27H37FN2O5Si/c1-26(2,3)36(5,6)35-18-27(24(31)29-4)16-15-23(30(27)25(32)33)19-11-13-21(14-12-19)34-17-20-9-7-8-10-22(20)28/h7-14,23H,15-18H2,1-6H3,(H,29,31)(H,32,33)/t23-,27-/m1/s1. The molecule has 0 radical (unpaired) electrons. The van der Waals surface area contributed by atoms with Gasteiger partial charge in [0.2, 0.25) is 5.91 Å². The van der Waals surface area contributed by atoms with Crippen molar-refractivity contribution in [2.24, 2.45) is 0 Å². The Hall–Kier alpha value is -2.91. The second-order valence-corrected chi connectivity index (χ2v) is 15.6. The summed E-state index contributed by atoms with van der Waals surface area (Å²) in [4.78, 5) is 27.0. The van der Waals surface area contributed by atoms with Gasteiger partial charge in [-0.3, -0.25) is 9.69 Å². The number of carboxylic acid groups (broad SMARTS) is 1. The molecule has 0 aromatic heterocycles. The van der Waals surface area contributed by atoms with Crippen molar-refractivity contribution in [2.45, 2.75) is 69.9 Å². The molecule has 3 rings (SSSR count). The molecule has 1 fully saturated rings. The van der Waals surface area contributed by atoms with Crippen LogP contribution in [0.1, 0.15) is 50.8 Å². The summed E-state index contributed by atoms with van der Waals surface area (Å²) >= 11 is 0. The van der Waals surface area contributed by atoms with Crippen molar-refractivity contribution in [3.63, 3.8) is 0 Å². The van der Waals surface area contributed by atoms with Crippen molar-refractivity contribution in [1.82, 2.24) is 10.2 Å². The molecular weight excluding hydrogens is 479 g/mol. The van der Waals surface area contributed by atoms with Gasteiger partial charge in [-0.05, 0) is 54.7 Å². The summed E-state index contributed by atoms with van der Waals surface area (Å²) in [5.41, 5.74) is -0.110. The summed E-state index contributed by atoms with van der Waals surface area (Å²) in [5, 5.41) is 12.8. The summed E-state index contributed by atoms with van der Waals surface area (Å²) in [7, 11) is -0.716. The van der Waals surface area contributed by atoms with Crippen LogP contribution in [0.25, 0.3) is 0 Å². The van der Waals surface area contributed by atoms with E-state index in [0.717, 1.165) is 5.56 Å². The van der Waals surface area contributed by atoms with E-state index in [2.05, 4.69) is 39.2 Å². The largest absolute Gasteiger partial charge is 0.489 e. The fraction of sp³-hybridized carbons (Fsp3) is 0.481. The van der Waals surface area contributed by atoms with Crippen LogP contribution in [0.15, 0.2) is 48.5 Å². The van der Waals surface area contributed by atoms with E-state index >= 15 is 0 Å². The number of halogens is 1. The maximum Gasteiger partial charge on any atom is 0.408 e. The highest BCUT2D eigenvalue weighted by atomic mass is 28.4. The Morgan fingerprint density at radius 2 is 1.81 bits per heavy atom. The normalized spacial score (nSPS) is 20.3. The lowest BCUT2D eigenvalue weighted by Crippen LogP contribution is -2.61. The Kier molecular flexibility index (Phi) is 8.15. The van der Waals surface area contributed by atoms with Gasteiger partial charge in [0.25, 0.3) is 0 Å². The molecule has 0 aliphatic carbocycles. The molecule has 1 aliphatic heterocycles. The zero-order valence-corrected chi connectivity index (χ0v) is 22.9. The number of likely N-dealkylation sites (N-methyl/N-ethyl adjacent to an activating group) is 1. The molecule has 196 valence electrons. The van der Waals surface area contributed by atoms with Gasteiger partial charge in [-0.2, -0.15) is 0 Å². The molecule has 2 N–H and O–H groups in total. The van der Waals surface area contributed by atoms with Crippen molar-refractivity contribution in [1.29, 1.82) is 0 Å². The number of ether oxygens (including phenoxy) is 1. The highest BCUT2D eigenvalue weighted by Gasteiger charge is 2.55. The van der Waals surface area contributed by atoms with Gasteiger partial charge in [-0.15, -0.1) is 0 Å². The second kappa shape index (κ2) is 10.6. The van der Waals surface area contributed by atoms with Gasteiger partial charge in [-0.25, -0.2) is 9.18 Å². The molecule has 0 spiro atoms. The Morgan fingerprint density at radius 1 is 1.17 bits per heavy atom. The summed E-state index contributed by atoms with van der Waals surface area (Å²) in [6, 6.07) is 13.0. The molecule has 7 nitrogen and oxygen atoms in total. The van der Waals surface area contributed by atoms with Crippen molar-refractivity contribution in [2.75, 3.05) is 13.7 Å². The van der Waals surface area contributed by atoms with E-state index in [0.29, 0.717) is 24.2 Å². The molecule has 0 unspecified atom stereocenters. The van der Waals surface area contributed by atoms with Crippen molar-refractivity contribution < 1.29 is 28.2 Å². The molecule has 0 saturated carbocycles. The van der Waals surface area contributed by atoms with Gasteiger partial charge in [0.1, 0.15) is 23.7 Å². The molecule has 1 saturated heterocycles. The van der Waals surface area contributed by atoms with E-state index in [9.17, 15) is 19.1 Å². The summed E-state index contributed by atoms with van der Waals surface area (Å²) in [6.45, 7) is 10.6. The van der Waals surface area contributed by atoms with Crippen LogP contribution in [0.3, 0.4) is 0 Å². The minimum atomic E-state index is -2.24. The molecule has 1 heterocycles. The Balaban J connectivity index is 1.83. The van der Waals surface area contributed by atoms with Crippen LogP contribution in [0, 0.1) is 5.82 Å². The number of rotatable bonds is 8. The van der Waals surface area contributed by atoms with Crippen molar-refractivity contribution >= 4 is 20.3 Å². The van der Waals surface area contributed by atoms with E-state index in [4.69, 9.17) is 9.16 Å². The lowest BCUT2D eigenvalue weighted by Gasteiger charge is -2.42. The summed E-state index contributed by atoms with van der Waals surface area (Å²) in [5.74, 6) is -0.153. The third kappa shape index (κ3) is 5.57. The lowest BCUT2D eigenvalue weighted by molar-refractivity contribution is -0.133. The van der Waals surface area contributed by atoms with Crippen LogP contribution >= 0.6 is 0 Å². The van der Waals surface area contributed by atoms with Gasteiger partial charge in [0.15, 0.2) is 8.32 Å². The maximum atomic E-state index is 13.9. The van der Waals surface area contributed by atoms with Crippen LogP contribution in [-0.2, 0) is 15.8 Å².